The number of carbonyl (C=O) groups is 1. The molecule has 1 atom stereocenters. The Morgan fingerprint density at radius 3 is 2.80 bits per heavy atom. The first-order valence-corrected chi connectivity index (χ1v) is 10.8. The molecule has 0 aliphatic carbocycles. The van der Waals surface area contributed by atoms with Gasteiger partial charge in [-0.15, -0.1) is 10.2 Å². The number of hydrogen-bond acceptors (Lipinski definition) is 7. The molecule has 0 spiro atoms. The van der Waals surface area contributed by atoms with Gasteiger partial charge >= 0.3 is 0 Å². The van der Waals surface area contributed by atoms with Crippen molar-refractivity contribution in [2.75, 3.05) is 23.8 Å². The molecule has 0 radical (unpaired) electrons. The van der Waals surface area contributed by atoms with Gasteiger partial charge in [0.1, 0.15) is 0 Å². The number of nitrogens with zero attached hydrogens (tertiary/aromatic N) is 2. The Morgan fingerprint density at radius 1 is 1.28 bits per heavy atom. The fourth-order valence-electron chi connectivity index (χ4n) is 2.60. The summed E-state index contributed by atoms with van der Waals surface area (Å²) in [7, 11) is -2.99. The third kappa shape index (κ3) is 5.30. The Morgan fingerprint density at radius 2 is 2.08 bits per heavy atom. The van der Waals surface area contributed by atoms with Crippen LogP contribution in [0.1, 0.15) is 23.8 Å². The molecule has 1 N–H and O–H groups in total. The summed E-state index contributed by atoms with van der Waals surface area (Å²) in [4.78, 5) is 11.9. The zero-order chi connectivity index (χ0) is 17.7. The van der Waals surface area contributed by atoms with Crippen LogP contribution in [0.4, 0.5) is 0 Å². The maximum atomic E-state index is 11.9. The van der Waals surface area contributed by atoms with Crippen LogP contribution < -0.4 is 5.32 Å². The Labute approximate surface area is 150 Å². The predicted octanol–water partition coefficient (Wildman–Crippen LogP) is 1.42. The summed E-state index contributed by atoms with van der Waals surface area (Å²) in [6.07, 6.45) is 1.28. The lowest BCUT2D eigenvalue weighted by molar-refractivity contribution is -0.118. The van der Waals surface area contributed by atoms with E-state index in [2.05, 4.69) is 15.5 Å². The SMILES string of the molecule is O=C(CSc1nnc([C@@H]2CCS(=O)(=O)C2)o1)NCCc1ccccc1. The molecule has 1 aliphatic heterocycles. The quantitative estimate of drug-likeness (QED) is 0.724. The number of aromatic nitrogens is 2. The third-order valence-electron chi connectivity index (χ3n) is 3.91. The zero-order valence-corrected chi connectivity index (χ0v) is 15.2. The Hall–Kier alpha value is -1.87. The summed E-state index contributed by atoms with van der Waals surface area (Å²) in [6, 6.07) is 9.93. The van der Waals surface area contributed by atoms with Crippen LogP contribution in [0, 0.1) is 0 Å². The highest BCUT2D eigenvalue weighted by Gasteiger charge is 2.32. The molecule has 2 heterocycles. The van der Waals surface area contributed by atoms with E-state index in [1.807, 2.05) is 30.3 Å². The number of amides is 1. The van der Waals surface area contributed by atoms with Crippen molar-refractivity contribution in [3.8, 4) is 0 Å². The van der Waals surface area contributed by atoms with E-state index in [0.717, 1.165) is 18.2 Å². The second-order valence-corrected chi connectivity index (χ2v) is 9.04. The highest BCUT2D eigenvalue weighted by molar-refractivity contribution is 7.99. The Balaban J connectivity index is 1.40. The van der Waals surface area contributed by atoms with E-state index in [9.17, 15) is 13.2 Å². The molecule has 25 heavy (non-hydrogen) atoms. The van der Waals surface area contributed by atoms with Crippen molar-refractivity contribution < 1.29 is 17.6 Å². The number of hydrogen-bond donors (Lipinski definition) is 1. The van der Waals surface area contributed by atoms with Gasteiger partial charge in [0.15, 0.2) is 9.84 Å². The summed E-state index contributed by atoms with van der Waals surface area (Å²) < 4.78 is 28.5. The van der Waals surface area contributed by atoms with E-state index in [1.165, 1.54) is 5.56 Å². The molecular weight excluding hydrogens is 362 g/mol. The van der Waals surface area contributed by atoms with Crippen molar-refractivity contribution in [1.82, 2.24) is 15.5 Å². The van der Waals surface area contributed by atoms with E-state index >= 15 is 0 Å². The fourth-order valence-corrected chi connectivity index (χ4v) is 4.93. The maximum Gasteiger partial charge on any atom is 0.277 e. The molecule has 0 bridgehead atoms. The van der Waals surface area contributed by atoms with E-state index in [4.69, 9.17) is 4.42 Å². The van der Waals surface area contributed by atoms with Gasteiger partial charge in [-0.25, -0.2) is 8.42 Å². The van der Waals surface area contributed by atoms with Crippen LogP contribution in [-0.2, 0) is 21.1 Å². The van der Waals surface area contributed by atoms with Crippen LogP contribution in [0.25, 0.3) is 0 Å². The van der Waals surface area contributed by atoms with Gasteiger partial charge in [-0.05, 0) is 18.4 Å². The van der Waals surface area contributed by atoms with Gasteiger partial charge in [0, 0.05) is 6.54 Å². The molecule has 1 aromatic carbocycles. The van der Waals surface area contributed by atoms with Gasteiger partial charge in [-0.1, -0.05) is 42.1 Å². The zero-order valence-electron chi connectivity index (χ0n) is 13.6. The molecule has 134 valence electrons. The first-order chi connectivity index (χ1) is 12.0. The van der Waals surface area contributed by atoms with Crippen molar-refractivity contribution in [1.29, 1.82) is 0 Å². The molecule has 2 aromatic rings. The van der Waals surface area contributed by atoms with Crippen molar-refractivity contribution in [2.24, 2.45) is 0 Å². The second-order valence-electron chi connectivity index (χ2n) is 5.88. The van der Waals surface area contributed by atoms with Crippen LogP contribution in [0.3, 0.4) is 0 Å². The summed E-state index contributed by atoms with van der Waals surface area (Å²) in [6.45, 7) is 0.568. The van der Waals surface area contributed by atoms with E-state index in [-0.39, 0.29) is 34.3 Å². The topological polar surface area (TPSA) is 102 Å². The highest BCUT2D eigenvalue weighted by atomic mass is 32.2. The molecule has 1 amide bonds. The summed E-state index contributed by atoms with van der Waals surface area (Å²) in [5, 5.41) is 10.9. The van der Waals surface area contributed by atoms with Gasteiger partial charge in [0.25, 0.3) is 5.22 Å². The lowest BCUT2D eigenvalue weighted by Crippen LogP contribution is -2.27. The largest absolute Gasteiger partial charge is 0.416 e. The lowest BCUT2D eigenvalue weighted by atomic mass is 10.1. The van der Waals surface area contributed by atoms with Gasteiger partial charge < -0.3 is 9.73 Å². The standard InChI is InChI=1S/C16H19N3O4S2/c20-14(17-8-6-12-4-2-1-3-5-12)10-24-16-19-18-15(23-16)13-7-9-25(21,22)11-13/h1-5,13H,6-11H2,(H,17,20)/t13-/m1/s1. The van der Waals surface area contributed by atoms with Crippen molar-refractivity contribution in [3.05, 3.63) is 41.8 Å². The second kappa shape index (κ2) is 8.01. The molecule has 1 saturated heterocycles. The minimum absolute atomic E-state index is 0.0548. The monoisotopic (exact) mass is 381 g/mol. The number of benzene rings is 1. The minimum atomic E-state index is -2.99. The van der Waals surface area contributed by atoms with E-state index in [1.54, 1.807) is 0 Å². The first kappa shape index (κ1) is 17.9. The molecular formula is C16H19N3O4S2. The molecule has 3 rings (SSSR count). The van der Waals surface area contributed by atoms with Crippen molar-refractivity contribution in [2.45, 2.75) is 24.0 Å². The number of thioether (sulfide) groups is 1. The van der Waals surface area contributed by atoms with Crippen LogP contribution in [-0.4, -0.2) is 48.3 Å². The Kier molecular flexibility index (Phi) is 5.74. The van der Waals surface area contributed by atoms with Gasteiger partial charge in [-0.2, -0.15) is 0 Å². The van der Waals surface area contributed by atoms with Gasteiger partial charge in [0.2, 0.25) is 11.8 Å². The number of carbonyl (C=O) groups excluding carboxylic acids is 1. The van der Waals surface area contributed by atoms with Gasteiger partial charge in [0.05, 0.1) is 23.2 Å². The average molecular weight is 381 g/mol. The van der Waals surface area contributed by atoms with Crippen molar-refractivity contribution in [3.63, 3.8) is 0 Å². The predicted molar refractivity (Wildman–Crippen MR) is 94.2 cm³/mol. The number of sulfone groups is 1. The van der Waals surface area contributed by atoms with Crippen LogP contribution in [0.15, 0.2) is 40.0 Å². The van der Waals surface area contributed by atoms with Crippen molar-refractivity contribution >= 4 is 27.5 Å². The molecule has 7 nitrogen and oxygen atoms in total. The smallest absolute Gasteiger partial charge is 0.277 e. The minimum Gasteiger partial charge on any atom is -0.416 e. The average Bonchev–Trinajstić information content (AvgIpc) is 3.20. The summed E-state index contributed by atoms with van der Waals surface area (Å²) in [5.41, 5.74) is 1.17. The summed E-state index contributed by atoms with van der Waals surface area (Å²) in [5.74, 6) is 0.397. The van der Waals surface area contributed by atoms with Crippen LogP contribution >= 0.6 is 11.8 Å². The maximum absolute atomic E-state index is 11.9. The van der Waals surface area contributed by atoms with Crippen LogP contribution in [0.2, 0.25) is 0 Å². The number of nitrogens with one attached hydrogen (secondary N) is 1. The third-order valence-corrected chi connectivity index (χ3v) is 6.50. The first-order valence-electron chi connectivity index (χ1n) is 7.99. The Bertz CT molecular complexity index is 821. The van der Waals surface area contributed by atoms with Crippen LogP contribution in [0.5, 0.6) is 0 Å². The fraction of sp³-hybridized carbons (Fsp3) is 0.438. The molecule has 9 heteroatoms. The molecule has 1 fully saturated rings. The molecule has 0 saturated carbocycles. The number of rotatable bonds is 7. The molecule has 0 unspecified atom stereocenters. The van der Waals surface area contributed by atoms with E-state index in [0.29, 0.717) is 18.9 Å². The highest BCUT2D eigenvalue weighted by Crippen LogP contribution is 2.29. The molecule has 1 aliphatic rings. The van der Waals surface area contributed by atoms with E-state index < -0.39 is 9.84 Å². The lowest BCUT2D eigenvalue weighted by Gasteiger charge is -2.04. The normalized spacial score (nSPS) is 19.0. The molecule has 1 aromatic heterocycles. The van der Waals surface area contributed by atoms with Gasteiger partial charge in [-0.3, -0.25) is 4.79 Å². The summed E-state index contributed by atoms with van der Waals surface area (Å²) >= 11 is 1.15.